The molecule has 0 radical (unpaired) electrons. The number of aryl methyl sites for hydroxylation is 1. The third-order valence-corrected chi connectivity index (χ3v) is 7.23. The molecule has 35 heavy (non-hydrogen) atoms. The fraction of sp³-hybridized carbons (Fsp3) is 0.310. The molecule has 3 aromatic carbocycles. The van der Waals surface area contributed by atoms with Crippen molar-refractivity contribution in [2.75, 3.05) is 31.1 Å². The average Bonchev–Trinajstić information content (AvgIpc) is 2.87. The highest BCUT2D eigenvalue weighted by Gasteiger charge is 2.26. The van der Waals surface area contributed by atoms with E-state index in [-0.39, 0.29) is 11.3 Å². The summed E-state index contributed by atoms with van der Waals surface area (Å²) in [5.41, 5.74) is 5.31. The van der Waals surface area contributed by atoms with Crippen molar-refractivity contribution >= 4 is 16.8 Å². The Hall–Kier alpha value is -3.25. The lowest BCUT2D eigenvalue weighted by Crippen LogP contribution is -2.48. The largest absolute Gasteiger partial charge is 0.508 e. The lowest BCUT2D eigenvalue weighted by molar-refractivity contribution is 0.209. The first-order valence-electron chi connectivity index (χ1n) is 12.1. The number of hydrogen-bond acceptors (Lipinski definition) is 3. The van der Waals surface area contributed by atoms with Gasteiger partial charge in [-0.3, -0.25) is 4.90 Å². The zero-order chi connectivity index (χ0) is 24.7. The van der Waals surface area contributed by atoms with E-state index in [1.54, 1.807) is 12.1 Å². The summed E-state index contributed by atoms with van der Waals surface area (Å²) < 4.78 is 42.7. The van der Waals surface area contributed by atoms with E-state index in [1.165, 1.54) is 6.07 Å². The first-order valence-corrected chi connectivity index (χ1v) is 12.1. The van der Waals surface area contributed by atoms with Crippen LogP contribution >= 0.6 is 0 Å². The summed E-state index contributed by atoms with van der Waals surface area (Å²) in [6, 6.07) is 16.1. The summed E-state index contributed by atoms with van der Waals surface area (Å²) in [5, 5.41) is 10.00. The molecule has 0 saturated carbocycles. The second-order valence-corrected chi connectivity index (χ2v) is 9.58. The topological polar surface area (TPSA) is 26.7 Å². The minimum absolute atomic E-state index is 0.0755. The van der Waals surface area contributed by atoms with Gasteiger partial charge in [-0.25, -0.2) is 13.2 Å². The minimum atomic E-state index is -1.46. The SMILES string of the molecule is CC(C)N1CCN(c2ccc(C3=C(c4ccc(F)c(F)c4F)CCc4cc(O)ccc43)cc2)CC1. The molecule has 0 unspecified atom stereocenters. The molecule has 182 valence electrons. The molecule has 5 rings (SSSR count). The van der Waals surface area contributed by atoms with Crippen LogP contribution in [-0.4, -0.2) is 42.2 Å². The van der Waals surface area contributed by atoms with E-state index in [9.17, 15) is 18.3 Å². The van der Waals surface area contributed by atoms with Crippen LogP contribution in [0.3, 0.4) is 0 Å². The van der Waals surface area contributed by atoms with Crippen molar-refractivity contribution < 1.29 is 18.3 Å². The summed E-state index contributed by atoms with van der Waals surface area (Å²) in [7, 11) is 0. The molecule has 1 N–H and O–H groups in total. The molecule has 2 aliphatic rings. The molecule has 1 fully saturated rings. The fourth-order valence-electron chi connectivity index (χ4n) is 5.27. The predicted molar refractivity (Wildman–Crippen MR) is 134 cm³/mol. The molecule has 3 aromatic rings. The number of phenols is 1. The number of benzene rings is 3. The van der Waals surface area contributed by atoms with Gasteiger partial charge in [0.25, 0.3) is 0 Å². The van der Waals surface area contributed by atoms with Crippen LogP contribution in [0.15, 0.2) is 54.6 Å². The van der Waals surface area contributed by atoms with Gasteiger partial charge < -0.3 is 10.0 Å². The molecule has 6 heteroatoms. The summed E-state index contributed by atoms with van der Waals surface area (Å²) in [4.78, 5) is 4.83. The Morgan fingerprint density at radius 1 is 0.771 bits per heavy atom. The fourth-order valence-corrected chi connectivity index (χ4v) is 5.27. The number of anilines is 1. The molecular weight excluding hydrogens is 449 g/mol. The first-order chi connectivity index (χ1) is 16.8. The zero-order valence-electron chi connectivity index (χ0n) is 20.0. The smallest absolute Gasteiger partial charge is 0.195 e. The van der Waals surface area contributed by atoms with Crippen molar-refractivity contribution in [3.8, 4) is 5.75 Å². The number of allylic oxidation sites excluding steroid dienone is 1. The molecule has 3 nitrogen and oxygen atoms in total. The molecule has 0 aromatic heterocycles. The molecule has 0 bridgehead atoms. The van der Waals surface area contributed by atoms with Crippen LogP contribution in [0.1, 0.15) is 42.5 Å². The summed E-state index contributed by atoms with van der Waals surface area (Å²) in [5.74, 6) is -3.65. The van der Waals surface area contributed by atoms with E-state index in [1.807, 2.05) is 18.2 Å². The third kappa shape index (κ3) is 4.43. The van der Waals surface area contributed by atoms with Crippen LogP contribution in [-0.2, 0) is 6.42 Å². The Morgan fingerprint density at radius 2 is 1.46 bits per heavy atom. The highest BCUT2D eigenvalue weighted by molar-refractivity contribution is 6.01. The van der Waals surface area contributed by atoms with Crippen LogP contribution in [0.25, 0.3) is 11.1 Å². The van der Waals surface area contributed by atoms with Gasteiger partial charge in [-0.2, -0.15) is 0 Å². The molecule has 0 atom stereocenters. The lowest BCUT2D eigenvalue weighted by atomic mass is 9.79. The van der Waals surface area contributed by atoms with Crippen molar-refractivity contribution in [1.29, 1.82) is 0 Å². The van der Waals surface area contributed by atoms with Crippen LogP contribution < -0.4 is 4.90 Å². The van der Waals surface area contributed by atoms with Crippen molar-refractivity contribution in [1.82, 2.24) is 4.90 Å². The molecule has 1 heterocycles. The summed E-state index contributed by atoms with van der Waals surface area (Å²) in [6.07, 6.45) is 1.02. The third-order valence-electron chi connectivity index (χ3n) is 7.23. The lowest BCUT2D eigenvalue weighted by Gasteiger charge is -2.38. The van der Waals surface area contributed by atoms with Crippen molar-refractivity contribution in [3.63, 3.8) is 0 Å². The first kappa shape index (κ1) is 23.5. The van der Waals surface area contributed by atoms with Gasteiger partial charge in [0.2, 0.25) is 0 Å². The van der Waals surface area contributed by atoms with E-state index in [2.05, 4.69) is 35.8 Å². The second-order valence-electron chi connectivity index (χ2n) is 9.58. The van der Waals surface area contributed by atoms with E-state index in [4.69, 9.17) is 0 Å². The Kier molecular flexibility index (Phi) is 6.32. The Balaban J connectivity index is 1.56. The van der Waals surface area contributed by atoms with Gasteiger partial charge in [0, 0.05) is 43.5 Å². The highest BCUT2D eigenvalue weighted by atomic mass is 19.2. The maximum Gasteiger partial charge on any atom is 0.195 e. The Bertz CT molecular complexity index is 1280. The average molecular weight is 479 g/mol. The van der Waals surface area contributed by atoms with Gasteiger partial charge in [-0.15, -0.1) is 0 Å². The number of fused-ring (bicyclic) bond motifs is 1. The van der Waals surface area contributed by atoms with Crippen LogP contribution in [0.5, 0.6) is 5.75 Å². The van der Waals surface area contributed by atoms with Gasteiger partial charge in [0.05, 0.1) is 0 Å². The number of halogens is 3. The second kappa shape index (κ2) is 9.42. The number of phenolic OH excluding ortho intramolecular Hbond substituents is 1. The van der Waals surface area contributed by atoms with E-state index < -0.39 is 17.5 Å². The monoisotopic (exact) mass is 478 g/mol. The standard InChI is InChI=1S/C29H29F3N2O/c1-18(2)33-13-15-34(16-14-33)21-6-3-19(4-7-21)27-23-10-8-22(35)17-20(23)5-9-24(27)25-11-12-26(30)29(32)28(25)31/h3-4,6-8,10-12,17-18,35H,5,9,13-16H2,1-2H3. The van der Waals surface area contributed by atoms with Crippen LogP contribution in [0, 0.1) is 17.5 Å². The maximum absolute atomic E-state index is 14.9. The highest BCUT2D eigenvalue weighted by Crippen LogP contribution is 2.43. The number of nitrogens with zero attached hydrogens (tertiary/aromatic N) is 2. The van der Waals surface area contributed by atoms with Gasteiger partial charge in [0.15, 0.2) is 17.5 Å². The number of piperazine rings is 1. The molecule has 0 amide bonds. The molecule has 1 saturated heterocycles. The zero-order valence-corrected chi connectivity index (χ0v) is 20.0. The van der Waals surface area contributed by atoms with E-state index in [0.29, 0.717) is 24.5 Å². The van der Waals surface area contributed by atoms with E-state index in [0.717, 1.165) is 60.2 Å². The number of rotatable bonds is 4. The normalized spacial score (nSPS) is 16.7. The van der Waals surface area contributed by atoms with Crippen molar-refractivity contribution in [2.24, 2.45) is 0 Å². The Labute approximate surface area is 204 Å². The van der Waals surface area contributed by atoms with E-state index >= 15 is 0 Å². The van der Waals surface area contributed by atoms with Crippen molar-refractivity contribution in [3.05, 3.63) is 94.3 Å². The van der Waals surface area contributed by atoms with Crippen molar-refractivity contribution in [2.45, 2.75) is 32.7 Å². The van der Waals surface area contributed by atoms with Crippen LogP contribution in [0.2, 0.25) is 0 Å². The molecule has 1 aliphatic carbocycles. The van der Waals surface area contributed by atoms with Gasteiger partial charge in [-0.05, 0) is 90.9 Å². The maximum atomic E-state index is 14.9. The van der Waals surface area contributed by atoms with Gasteiger partial charge in [0.1, 0.15) is 5.75 Å². The Morgan fingerprint density at radius 3 is 2.14 bits per heavy atom. The molecule has 1 aliphatic heterocycles. The summed E-state index contributed by atoms with van der Waals surface area (Å²) >= 11 is 0. The molecular formula is C29H29F3N2O. The molecule has 0 spiro atoms. The minimum Gasteiger partial charge on any atom is -0.508 e. The van der Waals surface area contributed by atoms with Gasteiger partial charge >= 0.3 is 0 Å². The quantitative estimate of drug-likeness (QED) is 0.450. The summed E-state index contributed by atoms with van der Waals surface area (Å²) in [6.45, 7) is 8.37. The number of aromatic hydroxyl groups is 1. The van der Waals surface area contributed by atoms with Gasteiger partial charge in [-0.1, -0.05) is 18.2 Å². The number of hydrogen-bond donors (Lipinski definition) is 1. The van der Waals surface area contributed by atoms with Crippen LogP contribution in [0.4, 0.5) is 18.9 Å². The predicted octanol–water partition coefficient (Wildman–Crippen LogP) is 6.25.